The van der Waals surface area contributed by atoms with Crippen molar-refractivity contribution in [2.75, 3.05) is 0 Å². The van der Waals surface area contributed by atoms with Gasteiger partial charge in [0.05, 0.1) is 0 Å². The van der Waals surface area contributed by atoms with E-state index in [-0.39, 0.29) is 0 Å². The van der Waals surface area contributed by atoms with Crippen LogP contribution < -0.4 is 0 Å². The third-order valence-electron chi connectivity index (χ3n) is 3.58. The predicted molar refractivity (Wildman–Crippen MR) is 42.4 cm³/mol. The van der Waals surface area contributed by atoms with Crippen molar-refractivity contribution in [2.24, 2.45) is 0 Å². The van der Waals surface area contributed by atoms with Gasteiger partial charge in [-0.3, -0.25) is 0 Å². The van der Waals surface area contributed by atoms with E-state index in [1.165, 1.54) is 0 Å². The maximum Gasteiger partial charge on any atom is 0.350 e. The molecule has 0 amide bonds. The number of rotatable bonds is 0. The van der Waals surface area contributed by atoms with Crippen molar-refractivity contribution in [1.82, 2.24) is 0 Å². The smallest absolute Gasteiger partial charge is 0.188 e. The SMILES string of the molecule is C1CCCC2(OO2)C2(OO2)C2(CC1)OO2. The van der Waals surface area contributed by atoms with Crippen LogP contribution in [0.15, 0.2) is 0 Å². The Hall–Kier alpha value is -0.240. The fraction of sp³-hybridized carbons (Fsp3) is 1.00. The van der Waals surface area contributed by atoms with E-state index >= 15 is 0 Å². The summed E-state index contributed by atoms with van der Waals surface area (Å²) in [7, 11) is 0. The second-order valence-corrected chi connectivity index (χ2v) is 4.54. The van der Waals surface area contributed by atoms with Crippen molar-refractivity contribution >= 4 is 0 Å². The van der Waals surface area contributed by atoms with Crippen molar-refractivity contribution in [3.8, 4) is 0 Å². The van der Waals surface area contributed by atoms with Gasteiger partial charge < -0.3 is 0 Å². The van der Waals surface area contributed by atoms with E-state index in [1.807, 2.05) is 0 Å². The third-order valence-corrected chi connectivity index (χ3v) is 3.58. The quantitative estimate of drug-likeness (QED) is 0.449. The van der Waals surface area contributed by atoms with Crippen molar-refractivity contribution < 1.29 is 29.3 Å². The summed E-state index contributed by atoms with van der Waals surface area (Å²) in [6, 6.07) is 0. The second-order valence-electron chi connectivity index (χ2n) is 4.54. The van der Waals surface area contributed by atoms with Gasteiger partial charge in [0.1, 0.15) is 0 Å². The monoisotopic (exact) mass is 216 g/mol. The minimum absolute atomic E-state index is 0.751. The average molecular weight is 216 g/mol. The normalized spacial score (nSPS) is 38.4. The Morgan fingerprint density at radius 1 is 0.533 bits per heavy atom. The molecule has 0 unspecified atom stereocenters. The van der Waals surface area contributed by atoms with E-state index in [1.54, 1.807) is 0 Å². The largest absolute Gasteiger partial charge is 0.350 e. The first-order chi connectivity index (χ1) is 7.33. The first-order valence-electron chi connectivity index (χ1n) is 5.43. The zero-order valence-electron chi connectivity index (χ0n) is 8.19. The van der Waals surface area contributed by atoms with Gasteiger partial charge in [-0.15, -0.1) is 0 Å². The van der Waals surface area contributed by atoms with Crippen molar-refractivity contribution in [1.29, 1.82) is 0 Å². The molecule has 1 aliphatic carbocycles. The summed E-state index contributed by atoms with van der Waals surface area (Å²) in [4.78, 5) is 30.5. The summed E-state index contributed by atoms with van der Waals surface area (Å²) < 4.78 is 0. The second kappa shape index (κ2) is 2.53. The number of hydrogen-bond acceptors (Lipinski definition) is 6. The average Bonchev–Trinajstić information content (AvgIpc) is 3.10. The lowest BCUT2D eigenvalue weighted by Gasteiger charge is -2.13. The molecule has 3 aliphatic heterocycles. The van der Waals surface area contributed by atoms with Crippen LogP contribution in [0.5, 0.6) is 0 Å². The molecule has 4 fully saturated rings. The molecule has 4 aliphatic rings. The molecule has 6 heteroatoms. The van der Waals surface area contributed by atoms with Crippen LogP contribution in [0.25, 0.3) is 0 Å². The van der Waals surface area contributed by atoms with Gasteiger partial charge in [0.15, 0.2) is 0 Å². The summed E-state index contributed by atoms with van der Waals surface area (Å²) in [5.41, 5.74) is 0. The molecule has 0 atom stereocenters. The Bertz CT molecular complexity index is 265. The molecule has 84 valence electrons. The van der Waals surface area contributed by atoms with Gasteiger partial charge in [0, 0.05) is 12.8 Å². The van der Waals surface area contributed by atoms with E-state index in [2.05, 4.69) is 0 Å². The van der Waals surface area contributed by atoms with E-state index < -0.39 is 17.4 Å². The highest BCUT2D eigenvalue weighted by molar-refractivity contribution is 5.08. The van der Waals surface area contributed by atoms with Crippen LogP contribution in [-0.4, -0.2) is 17.4 Å². The summed E-state index contributed by atoms with van der Waals surface area (Å²) >= 11 is 0. The highest BCUT2D eigenvalue weighted by Gasteiger charge is 2.91. The van der Waals surface area contributed by atoms with E-state index in [4.69, 9.17) is 29.3 Å². The lowest BCUT2D eigenvalue weighted by atomic mass is 9.94. The lowest BCUT2D eigenvalue weighted by molar-refractivity contribution is 0.0577. The van der Waals surface area contributed by atoms with Gasteiger partial charge in [0.25, 0.3) is 11.6 Å². The highest BCUT2D eigenvalue weighted by Crippen LogP contribution is 2.66. The summed E-state index contributed by atoms with van der Waals surface area (Å²) in [5, 5.41) is 0. The predicted octanol–water partition coefficient (Wildman–Crippen LogP) is 1.31. The molecule has 0 bridgehead atoms. The Morgan fingerprint density at radius 2 is 1.00 bits per heavy atom. The number of hydrogen-bond donors (Lipinski definition) is 0. The molecule has 15 heavy (non-hydrogen) atoms. The molecule has 0 radical (unpaired) electrons. The van der Waals surface area contributed by atoms with Gasteiger partial charge in [-0.05, 0) is 12.8 Å². The standard InChI is InChI=1S/C9H12O6/c1-2-4-6-8(12-13-8)9(14-15-9)7(5-3-1)10-11-7/h1-6H2. The molecule has 3 heterocycles. The minimum Gasteiger partial charge on any atom is -0.188 e. The van der Waals surface area contributed by atoms with Gasteiger partial charge >= 0.3 is 5.79 Å². The first-order valence-corrected chi connectivity index (χ1v) is 5.43. The molecule has 0 N–H and O–H groups in total. The lowest BCUT2D eigenvalue weighted by Crippen LogP contribution is -2.46. The maximum absolute atomic E-state index is 5.08. The molecule has 3 saturated heterocycles. The van der Waals surface area contributed by atoms with Gasteiger partial charge in [-0.25, -0.2) is 0 Å². The topological polar surface area (TPSA) is 75.2 Å². The Labute approximate surface area is 86.1 Å². The van der Waals surface area contributed by atoms with Crippen LogP contribution in [0.1, 0.15) is 38.5 Å². The Morgan fingerprint density at radius 3 is 1.33 bits per heavy atom. The molecule has 0 aromatic rings. The van der Waals surface area contributed by atoms with Gasteiger partial charge in [-0.2, -0.15) is 29.3 Å². The van der Waals surface area contributed by atoms with E-state index in [0.717, 1.165) is 38.5 Å². The molecule has 3 spiro atoms. The molecule has 1 saturated carbocycles. The Balaban J connectivity index is 1.68. The van der Waals surface area contributed by atoms with E-state index in [0.29, 0.717) is 0 Å². The molecule has 6 nitrogen and oxygen atoms in total. The zero-order valence-corrected chi connectivity index (χ0v) is 8.19. The fourth-order valence-corrected chi connectivity index (χ4v) is 2.47. The Kier molecular flexibility index (Phi) is 1.49. The third kappa shape index (κ3) is 0.994. The number of fused-ring (bicyclic) bond motifs is 2. The van der Waals surface area contributed by atoms with Crippen LogP contribution in [-0.2, 0) is 29.3 Å². The van der Waals surface area contributed by atoms with E-state index in [9.17, 15) is 0 Å². The van der Waals surface area contributed by atoms with Gasteiger partial charge in [-0.1, -0.05) is 12.8 Å². The first kappa shape index (κ1) is 8.86. The molecular weight excluding hydrogens is 204 g/mol. The van der Waals surface area contributed by atoms with Gasteiger partial charge in [0.2, 0.25) is 0 Å². The van der Waals surface area contributed by atoms with Crippen LogP contribution in [0, 0.1) is 0 Å². The fourth-order valence-electron chi connectivity index (χ4n) is 2.47. The van der Waals surface area contributed by atoms with Crippen molar-refractivity contribution in [2.45, 2.75) is 55.9 Å². The molecular formula is C9H12O6. The van der Waals surface area contributed by atoms with Crippen LogP contribution in [0.2, 0.25) is 0 Å². The summed E-state index contributed by atoms with van der Waals surface area (Å²) in [6.07, 6.45) is 5.87. The highest BCUT2D eigenvalue weighted by atomic mass is 17.5. The molecule has 0 aromatic carbocycles. The summed E-state index contributed by atoms with van der Waals surface area (Å²) in [5.74, 6) is -2.58. The van der Waals surface area contributed by atoms with Crippen LogP contribution in [0.3, 0.4) is 0 Å². The van der Waals surface area contributed by atoms with Crippen LogP contribution in [0.4, 0.5) is 0 Å². The van der Waals surface area contributed by atoms with Crippen molar-refractivity contribution in [3.05, 3.63) is 0 Å². The maximum atomic E-state index is 5.08. The molecule has 4 rings (SSSR count). The van der Waals surface area contributed by atoms with Crippen LogP contribution >= 0.6 is 0 Å². The zero-order chi connectivity index (χ0) is 9.99. The van der Waals surface area contributed by atoms with Crippen molar-refractivity contribution in [3.63, 3.8) is 0 Å². The summed E-state index contributed by atoms with van der Waals surface area (Å²) in [6.45, 7) is 0. The molecule has 0 aromatic heterocycles. The minimum atomic E-state index is -0.982.